The molecule has 30 heavy (non-hydrogen) atoms. The van der Waals surface area contributed by atoms with E-state index in [9.17, 15) is 9.90 Å². The topological polar surface area (TPSA) is 62.9 Å². The number of rotatable bonds is 5. The second-order valence-electron chi connectivity index (χ2n) is 7.07. The molecule has 4 rings (SSSR count). The molecule has 0 saturated heterocycles. The number of ether oxygens (including phenoxy) is 1. The molecule has 0 atom stereocenters. The highest BCUT2D eigenvalue weighted by Crippen LogP contribution is 2.22. The zero-order chi connectivity index (χ0) is 20.9. The maximum atomic E-state index is 12.6. The van der Waals surface area contributed by atoms with E-state index in [0.717, 1.165) is 5.56 Å². The number of benzene rings is 3. The van der Waals surface area contributed by atoms with Gasteiger partial charge in [0, 0.05) is 12.6 Å². The number of nitrogens with zero attached hydrogens (tertiary/aromatic N) is 1. The Morgan fingerprint density at radius 1 is 0.967 bits per heavy atom. The summed E-state index contributed by atoms with van der Waals surface area (Å²) in [5.74, 6) is 6.93. The molecular formula is C25H21NO4. The SMILES string of the molecule is CN(CC#CCOc1ccc2c(=O)c3ccccc3oc2c1)Cc1cccc(O)c1. The van der Waals surface area contributed by atoms with Gasteiger partial charge in [0.25, 0.3) is 0 Å². The molecule has 0 saturated carbocycles. The van der Waals surface area contributed by atoms with Crippen LogP contribution in [0.2, 0.25) is 0 Å². The van der Waals surface area contributed by atoms with Crippen molar-refractivity contribution in [3.05, 3.63) is 82.5 Å². The Balaban J connectivity index is 1.37. The Bertz CT molecular complexity index is 1310. The fraction of sp³-hybridized carbons (Fsp3) is 0.160. The lowest BCUT2D eigenvalue weighted by Gasteiger charge is -2.13. The van der Waals surface area contributed by atoms with Crippen LogP contribution in [0.4, 0.5) is 0 Å². The molecule has 0 aliphatic rings. The lowest BCUT2D eigenvalue weighted by molar-refractivity contribution is 0.362. The second kappa shape index (κ2) is 8.73. The third-order valence-corrected chi connectivity index (χ3v) is 4.70. The summed E-state index contributed by atoms with van der Waals surface area (Å²) in [5, 5.41) is 10.6. The van der Waals surface area contributed by atoms with Crippen molar-refractivity contribution in [3.63, 3.8) is 0 Å². The highest BCUT2D eigenvalue weighted by atomic mass is 16.5. The van der Waals surface area contributed by atoms with Crippen LogP contribution in [0.5, 0.6) is 11.5 Å². The molecule has 5 nitrogen and oxygen atoms in total. The Kier molecular flexibility index (Phi) is 5.69. The van der Waals surface area contributed by atoms with Gasteiger partial charge >= 0.3 is 0 Å². The lowest BCUT2D eigenvalue weighted by atomic mass is 10.1. The van der Waals surface area contributed by atoms with Gasteiger partial charge in [-0.3, -0.25) is 9.69 Å². The molecule has 0 radical (unpaired) electrons. The van der Waals surface area contributed by atoms with Gasteiger partial charge in [0.05, 0.1) is 17.3 Å². The summed E-state index contributed by atoms with van der Waals surface area (Å²) in [6, 6.07) is 19.6. The van der Waals surface area contributed by atoms with Crippen molar-refractivity contribution in [2.75, 3.05) is 20.2 Å². The van der Waals surface area contributed by atoms with Crippen molar-refractivity contribution < 1.29 is 14.3 Å². The Morgan fingerprint density at radius 3 is 2.67 bits per heavy atom. The number of aromatic hydroxyl groups is 1. The fourth-order valence-corrected chi connectivity index (χ4v) is 3.25. The van der Waals surface area contributed by atoms with Crippen LogP contribution in [-0.4, -0.2) is 30.2 Å². The van der Waals surface area contributed by atoms with Crippen LogP contribution < -0.4 is 10.2 Å². The number of phenols is 1. The van der Waals surface area contributed by atoms with Gasteiger partial charge in [-0.1, -0.05) is 36.1 Å². The summed E-state index contributed by atoms with van der Waals surface area (Å²) in [6.07, 6.45) is 0. The van der Waals surface area contributed by atoms with Crippen LogP contribution in [0.1, 0.15) is 5.56 Å². The molecule has 0 aliphatic carbocycles. The van der Waals surface area contributed by atoms with Gasteiger partial charge in [0.1, 0.15) is 29.3 Å². The van der Waals surface area contributed by atoms with E-state index >= 15 is 0 Å². The quantitative estimate of drug-likeness (QED) is 0.403. The normalized spacial score (nSPS) is 10.9. The zero-order valence-corrected chi connectivity index (χ0v) is 16.6. The zero-order valence-electron chi connectivity index (χ0n) is 16.6. The van der Waals surface area contributed by atoms with Crippen LogP contribution in [0.25, 0.3) is 21.9 Å². The number of fused-ring (bicyclic) bond motifs is 2. The Labute approximate surface area is 174 Å². The predicted molar refractivity (Wildman–Crippen MR) is 118 cm³/mol. The molecule has 0 amide bonds. The van der Waals surface area contributed by atoms with E-state index < -0.39 is 0 Å². The van der Waals surface area contributed by atoms with E-state index in [-0.39, 0.29) is 17.8 Å². The van der Waals surface area contributed by atoms with E-state index in [0.29, 0.717) is 40.8 Å². The van der Waals surface area contributed by atoms with Gasteiger partial charge in [-0.15, -0.1) is 0 Å². The van der Waals surface area contributed by atoms with Crippen LogP contribution in [-0.2, 0) is 6.54 Å². The molecule has 0 bridgehead atoms. The maximum Gasteiger partial charge on any atom is 0.200 e. The predicted octanol–water partition coefficient (Wildman–Crippen LogP) is 4.17. The second-order valence-corrected chi connectivity index (χ2v) is 7.07. The van der Waals surface area contributed by atoms with Crippen molar-refractivity contribution in [1.82, 2.24) is 4.90 Å². The van der Waals surface area contributed by atoms with Crippen molar-refractivity contribution >= 4 is 21.9 Å². The summed E-state index contributed by atoms with van der Waals surface area (Å²) in [4.78, 5) is 14.6. The monoisotopic (exact) mass is 399 g/mol. The van der Waals surface area contributed by atoms with Crippen molar-refractivity contribution in [3.8, 4) is 23.3 Å². The molecule has 3 aromatic carbocycles. The number of hydrogen-bond acceptors (Lipinski definition) is 5. The maximum absolute atomic E-state index is 12.6. The van der Waals surface area contributed by atoms with E-state index in [2.05, 4.69) is 16.7 Å². The molecule has 0 aliphatic heterocycles. The molecule has 0 fully saturated rings. The summed E-state index contributed by atoms with van der Waals surface area (Å²) >= 11 is 0. The smallest absolute Gasteiger partial charge is 0.200 e. The summed E-state index contributed by atoms with van der Waals surface area (Å²) < 4.78 is 11.5. The first kappa shape index (κ1) is 19.6. The largest absolute Gasteiger partial charge is 0.508 e. The summed E-state index contributed by atoms with van der Waals surface area (Å²) in [5.41, 5.74) is 2.03. The molecule has 5 heteroatoms. The Hall–Kier alpha value is -3.75. The molecule has 4 aromatic rings. The molecule has 0 unspecified atom stereocenters. The van der Waals surface area contributed by atoms with Gasteiger partial charge in [0.2, 0.25) is 5.43 Å². The minimum absolute atomic E-state index is 0.0482. The van der Waals surface area contributed by atoms with Gasteiger partial charge in [0.15, 0.2) is 0 Å². The summed E-state index contributed by atoms with van der Waals surface area (Å²) in [6.45, 7) is 1.52. The average Bonchev–Trinajstić information content (AvgIpc) is 2.73. The van der Waals surface area contributed by atoms with Crippen molar-refractivity contribution in [2.45, 2.75) is 6.54 Å². The number of phenolic OH excluding ortho intramolecular Hbond substituents is 1. The van der Waals surface area contributed by atoms with Gasteiger partial charge in [-0.25, -0.2) is 0 Å². The number of para-hydroxylation sites is 1. The standard InChI is InChI=1S/C25H21NO4/c1-26(17-18-7-6-8-19(27)15-18)13-4-5-14-29-20-11-12-22-24(16-20)30-23-10-3-2-9-21(23)25(22)28/h2-3,6-12,15-16,27H,13-14,17H2,1H3. The van der Waals surface area contributed by atoms with Crippen LogP contribution >= 0.6 is 0 Å². The highest BCUT2D eigenvalue weighted by Gasteiger charge is 2.08. The first-order chi connectivity index (χ1) is 14.6. The fourth-order valence-electron chi connectivity index (χ4n) is 3.25. The molecular weight excluding hydrogens is 378 g/mol. The van der Waals surface area contributed by atoms with E-state index in [1.54, 1.807) is 42.5 Å². The van der Waals surface area contributed by atoms with Crippen LogP contribution in [0, 0.1) is 11.8 Å². The molecule has 1 N–H and O–H groups in total. The van der Waals surface area contributed by atoms with Crippen LogP contribution in [0.3, 0.4) is 0 Å². The first-order valence-corrected chi connectivity index (χ1v) is 9.61. The van der Waals surface area contributed by atoms with E-state index in [1.807, 2.05) is 31.3 Å². The van der Waals surface area contributed by atoms with Gasteiger partial charge < -0.3 is 14.3 Å². The third-order valence-electron chi connectivity index (χ3n) is 4.70. The first-order valence-electron chi connectivity index (χ1n) is 9.61. The number of hydrogen-bond donors (Lipinski definition) is 1. The molecule has 0 spiro atoms. The summed E-state index contributed by atoms with van der Waals surface area (Å²) in [7, 11) is 1.97. The average molecular weight is 399 g/mol. The van der Waals surface area contributed by atoms with Crippen LogP contribution in [0.15, 0.2) is 75.9 Å². The molecule has 1 aromatic heterocycles. The van der Waals surface area contributed by atoms with Crippen molar-refractivity contribution in [1.29, 1.82) is 0 Å². The third kappa shape index (κ3) is 4.45. The van der Waals surface area contributed by atoms with E-state index in [4.69, 9.17) is 9.15 Å². The highest BCUT2D eigenvalue weighted by molar-refractivity contribution is 5.90. The Morgan fingerprint density at radius 2 is 1.80 bits per heavy atom. The van der Waals surface area contributed by atoms with E-state index in [1.165, 1.54) is 0 Å². The molecule has 1 heterocycles. The van der Waals surface area contributed by atoms with Gasteiger partial charge in [-0.2, -0.15) is 0 Å². The van der Waals surface area contributed by atoms with Crippen molar-refractivity contribution in [2.24, 2.45) is 0 Å². The molecule has 150 valence electrons. The lowest BCUT2D eigenvalue weighted by Crippen LogP contribution is -2.18. The minimum atomic E-state index is -0.0482. The minimum Gasteiger partial charge on any atom is -0.508 e. The van der Waals surface area contributed by atoms with Gasteiger partial charge in [-0.05, 0) is 49.0 Å².